The van der Waals surface area contributed by atoms with Gasteiger partial charge in [0, 0.05) is 15.7 Å². The second-order valence-corrected chi connectivity index (χ2v) is 7.41. The van der Waals surface area contributed by atoms with Gasteiger partial charge in [-0.1, -0.05) is 35.5 Å². The van der Waals surface area contributed by atoms with Gasteiger partial charge in [-0.15, -0.1) is 22.0 Å². The van der Waals surface area contributed by atoms with Crippen LogP contribution in [0.5, 0.6) is 5.75 Å². The molecule has 2 N–H and O–H groups in total. The number of thioether (sulfide) groups is 2. The van der Waals surface area contributed by atoms with Gasteiger partial charge in [0.15, 0.2) is 5.82 Å². The van der Waals surface area contributed by atoms with Gasteiger partial charge >= 0.3 is 0 Å². The Morgan fingerprint density at radius 1 is 1.08 bits per heavy atom. The van der Waals surface area contributed by atoms with E-state index in [2.05, 4.69) is 40.7 Å². The van der Waals surface area contributed by atoms with Crippen LogP contribution in [0.25, 0.3) is 0 Å². The molecule has 0 unspecified atom stereocenters. The third-order valence-electron chi connectivity index (χ3n) is 3.44. The highest BCUT2D eigenvalue weighted by Crippen LogP contribution is 2.23. The summed E-state index contributed by atoms with van der Waals surface area (Å²) in [4.78, 5) is 1.25. The molecule has 8 heteroatoms. The lowest BCUT2D eigenvalue weighted by Crippen LogP contribution is -2.15. The van der Waals surface area contributed by atoms with Crippen LogP contribution in [0.4, 0.5) is 0 Å². The van der Waals surface area contributed by atoms with Crippen LogP contribution in [0.1, 0.15) is 11.4 Å². The van der Waals surface area contributed by atoms with Crippen LogP contribution in [0, 0.1) is 0 Å². The second-order valence-electron chi connectivity index (χ2n) is 5.15. The highest BCUT2D eigenvalue weighted by atomic mass is 35.5. The van der Waals surface area contributed by atoms with Crippen LogP contribution in [0.3, 0.4) is 0 Å². The summed E-state index contributed by atoms with van der Waals surface area (Å²) in [6.07, 6.45) is 2.06. The van der Waals surface area contributed by atoms with E-state index in [-0.39, 0.29) is 6.61 Å². The third-order valence-corrected chi connectivity index (χ3v) is 5.45. The predicted molar refractivity (Wildman–Crippen MR) is 104 cm³/mol. The van der Waals surface area contributed by atoms with Crippen LogP contribution < -0.4 is 10.6 Å². The van der Waals surface area contributed by atoms with Crippen molar-refractivity contribution in [2.75, 3.05) is 12.1 Å². The minimum atomic E-state index is 0.244. The van der Waals surface area contributed by atoms with E-state index in [4.69, 9.17) is 22.2 Å². The van der Waals surface area contributed by atoms with Crippen molar-refractivity contribution in [1.82, 2.24) is 14.9 Å². The molecule has 0 aliphatic rings. The number of benzene rings is 2. The third kappa shape index (κ3) is 4.84. The molecule has 3 rings (SSSR count). The number of nitrogen functional groups attached to an aromatic ring is 1. The van der Waals surface area contributed by atoms with Crippen molar-refractivity contribution in [2.45, 2.75) is 22.4 Å². The average Bonchev–Trinajstić information content (AvgIpc) is 3.00. The van der Waals surface area contributed by atoms with Crippen LogP contribution >= 0.6 is 35.1 Å². The van der Waals surface area contributed by atoms with Gasteiger partial charge < -0.3 is 10.6 Å². The van der Waals surface area contributed by atoms with Crippen molar-refractivity contribution >= 4 is 35.1 Å². The van der Waals surface area contributed by atoms with Crippen molar-refractivity contribution in [3.05, 3.63) is 64.9 Å². The molecule has 0 radical (unpaired) electrons. The minimum Gasteiger partial charge on any atom is -0.486 e. The minimum absolute atomic E-state index is 0.244. The molecular formula is C17H17ClN4OS2. The Balaban J connectivity index is 1.57. The smallest absolute Gasteiger partial charge is 0.210 e. The Kier molecular flexibility index (Phi) is 6.12. The van der Waals surface area contributed by atoms with E-state index >= 15 is 0 Å². The molecule has 0 atom stereocenters. The molecule has 2 aromatic carbocycles. The summed E-state index contributed by atoms with van der Waals surface area (Å²) in [5.41, 5.74) is 1.21. The Morgan fingerprint density at radius 2 is 1.80 bits per heavy atom. The van der Waals surface area contributed by atoms with Gasteiger partial charge in [-0.2, -0.15) is 0 Å². The Hall–Kier alpha value is -1.83. The van der Waals surface area contributed by atoms with Gasteiger partial charge in [-0.3, -0.25) is 0 Å². The SMILES string of the molecule is CSc1ccc(CSc2nnc(COc3ccc(Cl)cc3)n2N)cc1. The Bertz CT molecular complexity index is 822. The molecule has 0 amide bonds. The first kappa shape index (κ1) is 18.0. The number of aromatic nitrogens is 3. The molecule has 130 valence electrons. The van der Waals surface area contributed by atoms with Gasteiger partial charge in [-0.05, 0) is 48.2 Å². The number of nitrogens with two attached hydrogens (primary N) is 1. The van der Waals surface area contributed by atoms with Gasteiger partial charge in [-0.25, -0.2) is 4.68 Å². The summed E-state index contributed by atoms with van der Waals surface area (Å²) >= 11 is 9.12. The van der Waals surface area contributed by atoms with Gasteiger partial charge in [0.2, 0.25) is 5.16 Å². The first-order valence-electron chi connectivity index (χ1n) is 7.49. The maximum atomic E-state index is 6.07. The van der Waals surface area contributed by atoms with E-state index in [1.807, 2.05) is 0 Å². The van der Waals surface area contributed by atoms with E-state index in [0.29, 0.717) is 21.8 Å². The molecule has 3 aromatic rings. The zero-order valence-corrected chi connectivity index (χ0v) is 15.9. The molecule has 1 heterocycles. The van der Waals surface area contributed by atoms with Gasteiger partial charge in [0.1, 0.15) is 12.4 Å². The summed E-state index contributed by atoms with van der Waals surface area (Å²) < 4.78 is 7.13. The largest absolute Gasteiger partial charge is 0.486 e. The highest BCUT2D eigenvalue weighted by molar-refractivity contribution is 7.98. The lowest BCUT2D eigenvalue weighted by atomic mass is 10.2. The maximum absolute atomic E-state index is 6.07. The number of rotatable bonds is 7. The zero-order valence-electron chi connectivity index (χ0n) is 13.6. The summed E-state index contributed by atoms with van der Waals surface area (Å²) in [6, 6.07) is 15.6. The van der Waals surface area contributed by atoms with Crippen LogP contribution in [0.15, 0.2) is 58.6 Å². The first-order chi connectivity index (χ1) is 12.2. The number of nitrogens with zero attached hydrogens (tertiary/aromatic N) is 3. The summed E-state index contributed by atoms with van der Waals surface area (Å²) in [6.45, 7) is 0.244. The molecule has 0 saturated carbocycles. The zero-order chi connectivity index (χ0) is 17.6. The molecular weight excluding hydrogens is 376 g/mol. The quantitative estimate of drug-likeness (QED) is 0.479. The lowest BCUT2D eigenvalue weighted by Gasteiger charge is -2.06. The highest BCUT2D eigenvalue weighted by Gasteiger charge is 2.11. The van der Waals surface area contributed by atoms with Crippen molar-refractivity contribution < 1.29 is 4.74 Å². The normalized spacial score (nSPS) is 10.8. The van der Waals surface area contributed by atoms with E-state index in [9.17, 15) is 0 Å². The fourth-order valence-electron chi connectivity index (χ4n) is 2.05. The molecule has 0 spiro atoms. The van der Waals surface area contributed by atoms with Crippen molar-refractivity contribution in [3.8, 4) is 5.75 Å². The number of hydrogen-bond donors (Lipinski definition) is 1. The van der Waals surface area contributed by atoms with Crippen LogP contribution in [0.2, 0.25) is 5.02 Å². The van der Waals surface area contributed by atoms with Gasteiger partial charge in [0.05, 0.1) is 0 Å². The summed E-state index contributed by atoms with van der Waals surface area (Å²) in [5, 5.41) is 9.56. The molecule has 0 aliphatic heterocycles. The Morgan fingerprint density at radius 3 is 2.48 bits per heavy atom. The monoisotopic (exact) mass is 392 g/mol. The molecule has 25 heavy (non-hydrogen) atoms. The summed E-state index contributed by atoms with van der Waals surface area (Å²) in [7, 11) is 0. The topological polar surface area (TPSA) is 66.0 Å². The van der Waals surface area contributed by atoms with Crippen molar-refractivity contribution in [3.63, 3.8) is 0 Å². The van der Waals surface area contributed by atoms with Crippen LogP contribution in [-0.2, 0) is 12.4 Å². The molecule has 0 saturated heterocycles. The van der Waals surface area contributed by atoms with E-state index in [1.165, 1.54) is 15.1 Å². The standard InChI is InChI=1S/C17H17ClN4OS2/c1-24-15-8-2-12(3-9-15)11-25-17-21-20-16(22(17)19)10-23-14-6-4-13(18)5-7-14/h2-9H,10-11,19H2,1H3. The molecule has 5 nitrogen and oxygen atoms in total. The van der Waals surface area contributed by atoms with E-state index < -0.39 is 0 Å². The second kappa shape index (κ2) is 8.51. The average molecular weight is 393 g/mol. The van der Waals surface area contributed by atoms with E-state index in [1.54, 1.807) is 47.8 Å². The van der Waals surface area contributed by atoms with Crippen LogP contribution in [-0.4, -0.2) is 21.1 Å². The Labute approximate surface area is 159 Å². The maximum Gasteiger partial charge on any atom is 0.210 e. The lowest BCUT2D eigenvalue weighted by molar-refractivity contribution is 0.291. The molecule has 0 aliphatic carbocycles. The number of ether oxygens (including phenoxy) is 1. The van der Waals surface area contributed by atoms with E-state index in [0.717, 1.165) is 5.75 Å². The molecule has 1 aromatic heterocycles. The summed E-state index contributed by atoms with van der Waals surface area (Å²) in [5.74, 6) is 8.12. The fourth-order valence-corrected chi connectivity index (χ4v) is 3.42. The predicted octanol–water partition coefficient (Wildman–Crippen LogP) is 4.24. The molecule has 0 bridgehead atoms. The fraction of sp³-hybridized carbons (Fsp3) is 0.176. The number of hydrogen-bond acceptors (Lipinski definition) is 6. The van der Waals surface area contributed by atoms with Crippen molar-refractivity contribution in [2.24, 2.45) is 0 Å². The number of halogens is 1. The van der Waals surface area contributed by atoms with Crippen molar-refractivity contribution in [1.29, 1.82) is 0 Å². The van der Waals surface area contributed by atoms with Gasteiger partial charge in [0.25, 0.3) is 0 Å². The first-order valence-corrected chi connectivity index (χ1v) is 10.1. The molecule has 0 fully saturated rings.